The number of nitrogens with zero attached hydrogens (tertiary/aromatic N) is 1. The minimum Gasteiger partial charge on any atom is -0.453 e. The summed E-state index contributed by atoms with van der Waals surface area (Å²) in [7, 11) is 2.49. The standard InChI is InChI=1S/C26H44F2N4O6/c1-24(2,3)19(31-23(37)38-6)22(36)32-15-26(11-8-7-9-12-26)14-17(32)20(34)30-16(10-13-25(4,27)28)18(33)21(35)29-5/h16-19,33H,7-15H2,1-6H3,(H,29,35)(H,30,34)(H,31,37)/t16-,17-,18?,19+/m0/s1. The molecule has 1 unspecified atom stereocenters. The highest BCUT2D eigenvalue weighted by molar-refractivity contribution is 5.93. The third-order valence-electron chi connectivity index (χ3n) is 7.69. The van der Waals surface area contributed by atoms with Crippen LogP contribution in [0.15, 0.2) is 0 Å². The molecule has 2 fully saturated rings. The third kappa shape index (κ3) is 8.25. The van der Waals surface area contributed by atoms with Crippen LogP contribution in [0.25, 0.3) is 0 Å². The van der Waals surface area contributed by atoms with Gasteiger partial charge in [-0.15, -0.1) is 0 Å². The van der Waals surface area contributed by atoms with E-state index in [1.165, 1.54) is 19.1 Å². The minimum absolute atomic E-state index is 0.283. The average molecular weight is 547 g/mol. The van der Waals surface area contributed by atoms with Gasteiger partial charge >= 0.3 is 6.09 Å². The Kier molecular flexibility index (Phi) is 10.5. The average Bonchev–Trinajstić information content (AvgIpc) is 3.21. The molecular weight excluding hydrogens is 502 g/mol. The highest BCUT2D eigenvalue weighted by Gasteiger charge is 2.51. The van der Waals surface area contributed by atoms with Gasteiger partial charge in [-0.3, -0.25) is 14.4 Å². The fraction of sp³-hybridized carbons (Fsp3) is 0.846. The van der Waals surface area contributed by atoms with E-state index < -0.39 is 65.8 Å². The molecule has 1 saturated carbocycles. The molecule has 1 heterocycles. The third-order valence-corrected chi connectivity index (χ3v) is 7.69. The summed E-state index contributed by atoms with van der Waals surface area (Å²) in [6, 6.07) is -3.22. The number of rotatable bonds is 9. The summed E-state index contributed by atoms with van der Waals surface area (Å²) in [6.45, 7) is 6.40. The molecule has 38 heavy (non-hydrogen) atoms. The predicted molar refractivity (Wildman–Crippen MR) is 136 cm³/mol. The van der Waals surface area contributed by atoms with E-state index >= 15 is 0 Å². The van der Waals surface area contributed by atoms with E-state index in [1.54, 1.807) is 20.8 Å². The van der Waals surface area contributed by atoms with Gasteiger partial charge in [-0.05, 0) is 43.4 Å². The molecule has 0 bridgehead atoms. The lowest BCUT2D eigenvalue weighted by Gasteiger charge is -2.36. The molecular formula is C26H44F2N4O6. The summed E-state index contributed by atoms with van der Waals surface area (Å²) in [4.78, 5) is 53.1. The SMILES string of the molecule is CNC(=O)C(O)[C@H](CCC(C)(F)F)NC(=O)[C@@H]1CC2(CCCCC2)CN1C(=O)[C@@H](NC(=O)OC)C(C)(C)C. The van der Waals surface area contributed by atoms with Crippen molar-refractivity contribution in [2.24, 2.45) is 10.8 Å². The number of halogens is 2. The number of methoxy groups -OCH3 is 1. The van der Waals surface area contributed by atoms with Crippen LogP contribution < -0.4 is 16.0 Å². The molecule has 2 rings (SSSR count). The summed E-state index contributed by atoms with van der Waals surface area (Å²) in [6.07, 6.45) is 1.49. The number of aliphatic hydroxyl groups is 1. The number of hydrogen-bond donors (Lipinski definition) is 4. The number of carbonyl (C=O) groups is 4. The lowest BCUT2D eigenvalue weighted by Crippen LogP contribution is -2.59. The van der Waals surface area contributed by atoms with Gasteiger partial charge in [0.25, 0.3) is 5.91 Å². The number of aliphatic hydroxyl groups excluding tert-OH is 1. The quantitative estimate of drug-likeness (QED) is 0.350. The van der Waals surface area contributed by atoms with E-state index in [9.17, 15) is 33.1 Å². The van der Waals surface area contributed by atoms with E-state index in [0.29, 0.717) is 13.0 Å². The number of hydrogen-bond acceptors (Lipinski definition) is 6. The maximum absolute atomic E-state index is 13.9. The first kappa shape index (κ1) is 31.7. The molecule has 1 aliphatic heterocycles. The number of ether oxygens (including phenoxy) is 1. The van der Waals surface area contributed by atoms with Gasteiger partial charge in [0.05, 0.1) is 13.2 Å². The van der Waals surface area contributed by atoms with Crippen LogP contribution in [-0.4, -0.2) is 84.7 Å². The fourth-order valence-electron chi connectivity index (χ4n) is 5.50. The Hall–Kier alpha value is -2.50. The van der Waals surface area contributed by atoms with Gasteiger partial charge in [0.15, 0.2) is 6.10 Å². The number of amides is 4. The van der Waals surface area contributed by atoms with Crippen molar-refractivity contribution in [3.8, 4) is 0 Å². The maximum Gasteiger partial charge on any atom is 0.407 e. The van der Waals surface area contributed by atoms with Gasteiger partial charge < -0.3 is 30.7 Å². The molecule has 1 saturated heterocycles. The molecule has 1 spiro atoms. The molecule has 0 aromatic carbocycles. The molecule has 1 aliphatic carbocycles. The Morgan fingerprint density at radius 2 is 1.68 bits per heavy atom. The molecule has 4 N–H and O–H groups in total. The van der Waals surface area contributed by atoms with Gasteiger partial charge in [0.1, 0.15) is 12.1 Å². The second kappa shape index (κ2) is 12.6. The summed E-state index contributed by atoms with van der Waals surface area (Å²) >= 11 is 0. The number of alkyl halides is 2. The van der Waals surface area contributed by atoms with Gasteiger partial charge in [-0.1, -0.05) is 40.0 Å². The van der Waals surface area contributed by atoms with E-state index in [-0.39, 0.29) is 11.8 Å². The first-order chi connectivity index (χ1) is 17.5. The van der Waals surface area contributed by atoms with Crippen LogP contribution in [0.1, 0.15) is 79.1 Å². The van der Waals surface area contributed by atoms with Crippen molar-refractivity contribution in [3.05, 3.63) is 0 Å². The predicted octanol–water partition coefficient (Wildman–Crippen LogP) is 2.34. The number of likely N-dealkylation sites (N-methyl/N-ethyl adjacent to an activating group) is 1. The van der Waals surface area contributed by atoms with Crippen LogP contribution in [0.5, 0.6) is 0 Å². The summed E-state index contributed by atoms with van der Waals surface area (Å²) in [5.41, 5.74) is -0.992. The molecule has 218 valence electrons. The molecule has 10 nitrogen and oxygen atoms in total. The van der Waals surface area contributed by atoms with Gasteiger partial charge in [-0.2, -0.15) is 0 Å². The van der Waals surface area contributed by atoms with Crippen molar-refractivity contribution < 1.29 is 37.8 Å². The first-order valence-corrected chi connectivity index (χ1v) is 13.3. The Morgan fingerprint density at radius 3 is 2.18 bits per heavy atom. The minimum atomic E-state index is -3.06. The van der Waals surface area contributed by atoms with Crippen molar-refractivity contribution in [3.63, 3.8) is 0 Å². The van der Waals surface area contributed by atoms with Crippen LogP contribution in [0.2, 0.25) is 0 Å². The summed E-state index contributed by atoms with van der Waals surface area (Å²) in [5, 5.41) is 17.9. The van der Waals surface area contributed by atoms with Gasteiger partial charge in [0.2, 0.25) is 17.7 Å². The van der Waals surface area contributed by atoms with Crippen LogP contribution in [-0.2, 0) is 19.1 Å². The molecule has 0 radical (unpaired) electrons. The first-order valence-electron chi connectivity index (χ1n) is 13.3. The van der Waals surface area contributed by atoms with Crippen LogP contribution in [0.4, 0.5) is 13.6 Å². The molecule has 0 aromatic heterocycles. The van der Waals surface area contributed by atoms with E-state index in [1.807, 2.05) is 0 Å². The lowest BCUT2D eigenvalue weighted by molar-refractivity contribution is -0.143. The molecule has 4 atom stereocenters. The molecule has 4 amide bonds. The Bertz CT molecular complexity index is 867. The van der Waals surface area contributed by atoms with Crippen molar-refractivity contribution in [2.45, 2.75) is 109 Å². The highest BCUT2D eigenvalue weighted by Crippen LogP contribution is 2.47. The van der Waals surface area contributed by atoms with Crippen molar-refractivity contribution in [2.75, 3.05) is 20.7 Å². The van der Waals surface area contributed by atoms with Crippen LogP contribution >= 0.6 is 0 Å². The largest absolute Gasteiger partial charge is 0.453 e. The number of carbonyl (C=O) groups excluding carboxylic acids is 4. The van der Waals surface area contributed by atoms with E-state index in [0.717, 1.165) is 39.0 Å². The van der Waals surface area contributed by atoms with Crippen molar-refractivity contribution >= 4 is 23.8 Å². The Labute approximate surface area is 223 Å². The maximum atomic E-state index is 13.9. The topological polar surface area (TPSA) is 137 Å². The smallest absolute Gasteiger partial charge is 0.407 e. The zero-order chi connectivity index (χ0) is 28.9. The van der Waals surface area contributed by atoms with E-state index in [4.69, 9.17) is 4.74 Å². The Balaban J connectivity index is 2.38. The zero-order valence-corrected chi connectivity index (χ0v) is 23.4. The highest BCUT2D eigenvalue weighted by atomic mass is 19.3. The second-order valence-corrected chi connectivity index (χ2v) is 12.0. The molecule has 12 heteroatoms. The molecule has 0 aromatic rings. The van der Waals surface area contributed by atoms with Gasteiger partial charge in [0, 0.05) is 20.0 Å². The Morgan fingerprint density at radius 1 is 1.08 bits per heavy atom. The monoisotopic (exact) mass is 546 g/mol. The zero-order valence-electron chi connectivity index (χ0n) is 23.4. The lowest BCUT2D eigenvalue weighted by atomic mass is 9.72. The molecule has 2 aliphatic rings. The van der Waals surface area contributed by atoms with Gasteiger partial charge in [-0.25, -0.2) is 13.6 Å². The second-order valence-electron chi connectivity index (χ2n) is 12.0. The normalized spacial score (nSPS) is 21.8. The van der Waals surface area contributed by atoms with Crippen LogP contribution in [0, 0.1) is 10.8 Å². The fourth-order valence-corrected chi connectivity index (χ4v) is 5.50. The van der Waals surface area contributed by atoms with Crippen molar-refractivity contribution in [1.29, 1.82) is 0 Å². The van der Waals surface area contributed by atoms with E-state index in [2.05, 4.69) is 16.0 Å². The summed E-state index contributed by atoms with van der Waals surface area (Å²) in [5.74, 6) is -4.95. The summed E-state index contributed by atoms with van der Waals surface area (Å²) < 4.78 is 31.9. The van der Waals surface area contributed by atoms with Crippen molar-refractivity contribution in [1.82, 2.24) is 20.9 Å². The number of likely N-dealkylation sites (tertiary alicyclic amines) is 1. The van der Waals surface area contributed by atoms with Crippen LogP contribution in [0.3, 0.4) is 0 Å². The number of alkyl carbamates (subject to hydrolysis) is 1. The number of nitrogens with one attached hydrogen (secondary N) is 3.